The van der Waals surface area contributed by atoms with E-state index < -0.39 is 17.7 Å². The number of carbonyl (C=O) groups excluding carboxylic acids is 3. The van der Waals surface area contributed by atoms with Crippen LogP contribution in [0.5, 0.6) is 5.75 Å². The maximum absolute atomic E-state index is 13.3. The van der Waals surface area contributed by atoms with Crippen molar-refractivity contribution in [1.29, 1.82) is 0 Å². The summed E-state index contributed by atoms with van der Waals surface area (Å²) in [6.07, 6.45) is -0.116. The number of hydrogen-bond acceptors (Lipinski definition) is 6. The quantitative estimate of drug-likeness (QED) is 0.210. The average molecular weight is 500 g/mol. The lowest BCUT2D eigenvalue weighted by Gasteiger charge is -2.26. The molecular weight excluding hydrogens is 470 g/mol. The van der Waals surface area contributed by atoms with Crippen LogP contribution in [0, 0.1) is 6.92 Å². The van der Waals surface area contributed by atoms with Gasteiger partial charge in [0.25, 0.3) is 11.7 Å². The summed E-state index contributed by atoms with van der Waals surface area (Å²) in [6.45, 7) is 5.49. The van der Waals surface area contributed by atoms with Crippen molar-refractivity contribution >= 4 is 29.1 Å². The van der Waals surface area contributed by atoms with Gasteiger partial charge in [-0.1, -0.05) is 42.0 Å². The Kier molecular flexibility index (Phi) is 7.43. The van der Waals surface area contributed by atoms with E-state index in [4.69, 9.17) is 9.47 Å². The summed E-state index contributed by atoms with van der Waals surface area (Å²) in [5, 5.41) is 11.2. The molecule has 1 unspecified atom stereocenters. The lowest BCUT2D eigenvalue weighted by molar-refractivity contribution is -0.146. The van der Waals surface area contributed by atoms with E-state index in [1.165, 1.54) is 12.0 Å². The topological polar surface area (TPSA) is 93.1 Å². The summed E-state index contributed by atoms with van der Waals surface area (Å²) in [5.41, 5.74) is 3.24. The first-order valence-electron chi connectivity index (χ1n) is 12.0. The second-order valence-electron chi connectivity index (χ2n) is 9.19. The Bertz CT molecular complexity index is 1360. The predicted octanol–water partition coefficient (Wildman–Crippen LogP) is 5.12. The predicted molar refractivity (Wildman–Crippen MR) is 140 cm³/mol. The van der Waals surface area contributed by atoms with E-state index in [9.17, 15) is 19.5 Å². The van der Waals surface area contributed by atoms with Crippen LogP contribution < -0.4 is 9.64 Å². The largest absolute Gasteiger partial charge is 0.507 e. The number of amides is 1. The molecule has 1 aliphatic rings. The first-order valence-corrected chi connectivity index (χ1v) is 12.0. The molecule has 1 amide bonds. The van der Waals surface area contributed by atoms with Crippen molar-refractivity contribution in [3.05, 3.63) is 101 Å². The van der Waals surface area contributed by atoms with Gasteiger partial charge in [-0.05, 0) is 68.3 Å². The third-order valence-corrected chi connectivity index (χ3v) is 6.10. The van der Waals surface area contributed by atoms with Gasteiger partial charge < -0.3 is 14.6 Å². The summed E-state index contributed by atoms with van der Waals surface area (Å²) < 4.78 is 10.4. The summed E-state index contributed by atoms with van der Waals surface area (Å²) in [7, 11) is 1.54. The van der Waals surface area contributed by atoms with Gasteiger partial charge in [-0.15, -0.1) is 0 Å². The second kappa shape index (κ2) is 10.7. The van der Waals surface area contributed by atoms with Crippen molar-refractivity contribution in [3.63, 3.8) is 0 Å². The summed E-state index contributed by atoms with van der Waals surface area (Å²) in [5.74, 6) is -1.52. The van der Waals surface area contributed by atoms with E-state index in [-0.39, 0.29) is 29.8 Å². The van der Waals surface area contributed by atoms with Crippen LogP contribution in [0.25, 0.3) is 5.76 Å². The SMILES string of the molecule is COc1ccc(/C(O)=C2/C(=O)C(=O)N(c3ccc(CC(=O)OC(C)C)cc3)C2c2cccc(C)c2)cc1. The molecule has 0 aliphatic carbocycles. The number of aliphatic hydroxyl groups excluding tert-OH is 1. The van der Waals surface area contributed by atoms with Gasteiger partial charge in [0.2, 0.25) is 0 Å². The number of Topliss-reactive ketones (excluding diaryl/α,β-unsaturated/α-hetero) is 1. The Hall–Kier alpha value is -4.39. The first-order chi connectivity index (χ1) is 17.7. The molecule has 1 saturated heterocycles. The number of nitrogens with zero attached hydrogens (tertiary/aromatic N) is 1. The number of hydrogen-bond donors (Lipinski definition) is 1. The Balaban J connectivity index is 1.78. The Morgan fingerprint density at radius 3 is 2.27 bits per heavy atom. The molecule has 0 radical (unpaired) electrons. The number of aryl methyl sites for hydroxylation is 1. The van der Waals surface area contributed by atoms with Crippen molar-refractivity contribution in [2.75, 3.05) is 12.0 Å². The molecule has 0 aromatic heterocycles. The van der Waals surface area contributed by atoms with Crippen molar-refractivity contribution < 1.29 is 29.0 Å². The van der Waals surface area contributed by atoms with Crippen LogP contribution in [0.1, 0.15) is 42.1 Å². The molecule has 7 heteroatoms. The monoisotopic (exact) mass is 499 g/mol. The van der Waals surface area contributed by atoms with E-state index >= 15 is 0 Å². The number of carbonyl (C=O) groups is 3. The minimum absolute atomic E-state index is 0.00496. The van der Waals surface area contributed by atoms with Crippen LogP contribution in [0.3, 0.4) is 0 Å². The van der Waals surface area contributed by atoms with Crippen LogP contribution in [-0.2, 0) is 25.5 Å². The van der Waals surface area contributed by atoms with Crippen LogP contribution >= 0.6 is 0 Å². The molecule has 7 nitrogen and oxygen atoms in total. The lowest BCUT2D eigenvalue weighted by Crippen LogP contribution is -2.29. The molecule has 4 rings (SSSR count). The lowest BCUT2D eigenvalue weighted by atomic mass is 9.94. The van der Waals surface area contributed by atoms with Crippen LogP contribution in [0.15, 0.2) is 78.4 Å². The van der Waals surface area contributed by atoms with Crippen molar-refractivity contribution in [2.24, 2.45) is 0 Å². The van der Waals surface area contributed by atoms with E-state index in [2.05, 4.69) is 0 Å². The first kappa shape index (κ1) is 25.7. The molecule has 3 aromatic carbocycles. The zero-order chi connectivity index (χ0) is 26.7. The molecule has 1 atom stereocenters. The van der Waals surface area contributed by atoms with Gasteiger partial charge >= 0.3 is 5.97 Å². The highest BCUT2D eigenvalue weighted by atomic mass is 16.5. The molecule has 37 heavy (non-hydrogen) atoms. The molecule has 0 bridgehead atoms. The Morgan fingerprint density at radius 1 is 1.00 bits per heavy atom. The van der Waals surface area contributed by atoms with E-state index in [1.807, 2.05) is 31.2 Å². The van der Waals surface area contributed by atoms with Gasteiger partial charge in [0.05, 0.1) is 31.2 Å². The normalized spacial score (nSPS) is 16.8. The number of anilines is 1. The second-order valence-corrected chi connectivity index (χ2v) is 9.19. The van der Waals surface area contributed by atoms with Gasteiger partial charge in [0, 0.05) is 11.3 Å². The Labute approximate surface area is 215 Å². The number of ketones is 1. The van der Waals surface area contributed by atoms with E-state index in [0.717, 1.165) is 11.1 Å². The summed E-state index contributed by atoms with van der Waals surface area (Å²) >= 11 is 0. The minimum Gasteiger partial charge on any atom is -0.507 e. The molecular formula is C30H29NO6. The number of benzene rings is 3. The van der Waals surface area contributed by atoms with Gasteiger partial charge in [-0.2, -0.15) is 0 Å². The standard InChI is InChI=1S/C30H29NO6/c1-18(2)37-25(32)17-20-8-12-23(13-9-20)31-27(22-7-5-6-19(3)16-22)26(29(34)30(31)35)28(33)21-10-14-24(36-4)15-11-21/h5-16,18,27,33H,17H2,1-4H3/b28-26-. The number of ether oxygens (including phenoxy) is 2. The molecule has 1 aliphatic heterocycles. The average Bonchev–Trinajstić information content (AvgIpc) is 3.14. The van der Waals surface area contributed by atoms with Gasteiger partial charge in [-0.3, -0.25) is 19.3 Å². The zero-order valence-electron chi connectivity index (χ0n) is 21.2. The fourth-order valence-corrected chi connectivity index (χ4v) is 4.40. The third kappa shape index (κ3) is 5.40. The molecule has 190 valence electrons. The van der Waals surface area contributed by atoms with Crippen LogP contribution in [0.2, 0.25) is 0 Å². The molecule has 0 spiro atoms. The van der Waals surface area contributed by atoms with Gasteiger partial charge in [0.1, 0.15) is 11.5 Å². The molecule has 1 fully saturated rings. The number of esters is 1. The van der Waals surface area contributed by atoms with Crippen LogP contribution in [0.4, 0.5) is 5.69 Å². The number of aliphatic hydroxyl groups is 1. The van der Waals surface area contributed by atoms with Gasteiger partial charge in [0.15, 0.2) is 0 Å². The number of rotatable bonds is 7. The Morgan fingerprint density at radius 2 is 1.68 bits per heavy atom. The smallest absolute Gasteiger partial charge is 0.310 e. The highest BCUT2D eigenvalue weighted by Gasteiger charge is 2.47. The zero-order valence-corrected chi connectivity index (χ0v) is 21.2. The molecule has 3 aromatic rings. The fraction of sp³-hybridized carbons (Fsp3) is 0.233. The summed E-state index contributed by atoms with van der Waals surface area (Å²) in [6, 6.07) is 20.1. The minimum atomic E-state index is -0.834. The van der Waals surface area contributed by atoms with E-state index in [1.54, 1.807) is 62.4 Å². The van der Waals surface area contributed by atoms with Crippen molar-refractivity contribution in [3.8, 4) is 5.75 Å². The fourth-order valence-electron chi connectivity index (χ4n) is 4.40. The van der Waals surface area contributed by atoms with Crippen molar-refractivity contribution in [1.82, 2.24) is 0 Å². The molecule has 1 N–H and O–H groups in total. The molecule has 0 saturated carbocycles. The third-order valence-electron chi connectivity index (χ3n) is 6.10. The van der Waals surface area contributed by atoms with Crippen LogP contribution in [-0.4, -0.2) is 36.0 Å². The maximum Gasteiger partial charge on any atom is 0.310 e. The highest BCUT2D eigenvalue weighted by Crippen LogP contribution is 2.42. The number of methoxy groups -OCH3 is 1. The summed E-state index contributed by atoms with van der Waals surface area (Å²) in [4.78, 5) is 40.1. The molecule has 1 heterocycles. The maximum atomic E-state index is 13.3. The van der Waals surface area contributed by atoms with E-state index in [0.29, 0.717) is 22.6 Å². The van der Waals surface area contributed by atoms with Crippen molar-refractivity contribution in [2.45, 2.75) is 39.3 Å². The van der Waals surface area contributed by atoms with Gasteiger partial charge in [-0.25, -0.2) is 0 Å². The highest BCUT2D eigenvalue weighted by molar-refractivity contribution is 6.51.